The Morgan fingerprint density at radius 1 is 1.16 bits per heavy atom. The molecule has 0 unspecified atom stereocenters. The minimum absolute atomic E-state index is 0.0774. The van der Waals surface area contributed by atoms with Crippen LogP contribution in [0.3, 0.4) is 0 Å². The van der Waals surface area contributed by atoms with Gasteiger partial charge in [-0.05, 0) is 23.4 Å². The molecule has 3 nitrogen and oxygen atoms in total. The number of likely N-dealkylation sites (tertiary alicyclic amines) is 1. The van der Waals surface area contributed by atoms with E-state index in [1.807, 2.05) is 25.2 Å². The quantitative estimate of drug-likeness (QED) is 0.896. The molecule has 0 radical (unpaired) electrons. The molecular formula is C16H17NO2. The summed E-state index contributed by atoms with van der Waals surface area (Å²) < 4.78 is 0. The highest BCUT2D eigenvalue weighted by Crippen LogP contribution is 2.35. The third-order valence-corrected chi connectivity index (χ3v) is 4.04. The zero-order valence-electron chi connectivity index (χ0n) is 10.9. The number of benzene rings is 2. The molecule has 3 rings (SSSR count). The normalized spacial score (nSPS) is 23.8. The van der Waals surface area contributed by atoms with Crippen LogP contribution in [0.4, 0.5) is 0 Å². The molecular weight excluding hydrogens is 238 g/mol. The van der Waals surface area contributed by atoms with Gasteiger partial charge in [-0.1, -0.05) is 42.5 Å². The molecule has 0 spiro atoms. The molecule has 0 aromatic heterocycles. The van der Waals surface area contributed by atoms with Crippen molar-refractivity contribution >= 4 is 16.7 Å². The molecule has 0 saturated carbocycles. The lowest BCUT2D eigenvalue weighted by molar-refractivity contribution is -0.141. The Hall–Kier alpha value is -1.87. The number of hydrogen-bond acceptors (Lipinski definition) is 2. The SMILES string of the molecule is CN1C[C@H](C(=O)O)[C@H](c2cccc3ccccc23)C1. The van der Waals surface area contributed by atoms with E-state index in [-0.39, 0.29) is 11.8 Å². The van der Waals surface area contributed by atoms with Crippen LogP contribution in [-0.4, -0.2) is 36.1 Å². The largest absolute Gasteiger partial charge is 0.481 e. The first kappa shape index (κ1) is 12.2. The van der Waals surface area contributed by atoms with Gasteiger partial charge < -0.3 is 10.0 Å². The van der Waals surface area contributed by atoms with Crippen LogP contribution < -0.4 is 0 Å². The molecule has 1 N–H and O–H groups in total. The minimum Gasteiger partial charge on any atom is -0.481 e. The maximum atomic E-state index is 11.4. The van der Waals surface area contributed by atoms with Gasteiger partial charge in [-0.15, -0.1) is 0 Å². The van der Waals surface area contributed by atoms with Crippen molar-refractivity contribution in [3.05, 3.63) is 48.0 Å². The van der Waals surface area contributed by atoms with Crippen molar-refractivity contribution in [2.45, 2.75) is 5.92 Å². The first-order chi connectivity index (χ1) is 9.16. The Morgan fingerprint density at radius 2 is 1.89 bits per heavy atom. The summed E-state index contributed by atoms with van der Waals surface area (Å²) >= 11 is 0. The Morgan fingerprint density at radius 3 is 2.68 bits per heavy atom. The van der Waals surface area contributed by atoms with Gasteiger partial charge in [0.2, 0.25) is 0 Å². The van der Waals surface area contributed by atoms with Gasteiger partial charge in [-0.2, -0.15) is 0 Å². The highest BCUT2D eigenvalue weighted by atomic mass is 16.4. The summed E-state index contributed by atoms with van der Waals surface area (Å²) in [6.07, 6.45) is 0. The van der Waals surface area contributed by atoms with Gasteiger partial charge in [0.15, 0.2) is 0 Å². The number of rotatable bonds is 2. The molecule has 98 valence electrons. The molecule has 2 aromatic carbocycles. The van der Waals surface area contributed by atoms with E-state index >= 15 is 0 Å². The Labute approximate surface area is 112 Å². The molecule has 0 bridgehead atoms. The number of aliphatic carboxylic acids is 1. The average molecular weight is 255 g/mol. The monoisotopic (exact) mass is 255 g/mol. The number of likely N-dealkylation sites (N-methyl/N-ethyl adjacent to an activating group) is 1. The van der Waals surface area contributed by atoms with E-state index in [2.05, 4.69) is 29.2 Å². The summed E-state index contributed by atoms with van der Waals surface area (Å²) in [4.78, 5) is 13.5. The van der Waals surface area contributed by atoms with Crippen molar-refractivity contribution in [2.24, 2.45) is 5.92 Å². The number of carboxylic acid groups (broad SMARTS) is 1. The van der Waals surface area contributed by atoms with Gasteiger partial charge in [0.25, 0.3) is 0 Å². The number of hydrogen-bond donors (Lipinski definition) is 1. The van der Waals surface area contributed by atoms with E-state index in [0.717, 1.165) is 12.1 Å². The average Bonchev–Trinajstić information content (AvgIpc) is 2.80. The fourth-order valence-electron chi connectivity index (χ4n) is 3.14. The minimum atomic E-state index is -0.692. The fourth-order valence-corrected chi connectivity index (χ4v) is 3.14. The molecule has 2 aromatic rings. The van der Waals surface area contributed by atoms with Crippen LogP contribution >= 0.6 is 0 Å². The molecule has 3 heteroatoms. The van der Waals surface area contributed by atoms with Gasteiger partial charge in [-0.25, -0.2) is 0 Å². The smallest absolute Gasteiger partial charge is 0.308 e. The lowest BCUT2D eigenvalue weighted by Gasteiger charge is -2.17. The lowest BCUT2D eigenvalue weighted by Crippen LogP contribution is -2.21. The zero-order chi connectivity index (χ0) is 13.4. The van der Waals surface area contributed by atoms with Gasteiger partial charge >= 0.3 is 5.97 Å². The van der Waals surface area contributed by atoms with Crippen molar-refractivity contribution < 1.29 is 9.90 Å². The number of carboxylic acids is 1. The van der Waals surface area contributed by atoms with Crippen LogP contribution in [0.15, 0.2) is 42.5 Å². The van der Waals surface area contributed by atoms with E-state index < -0.39 is 5.97 Å². The standard InChI is InChI=1S/C16H17NO2/c1-17-9-14(15(10-17)16(18)19)13-8-4-6-11-5-2-3-7-12(11)13/h2-8,14-15H,9-10H2,1H3,(H,18,19)/t14-,15-/m0/s1. The molecule has 19 heavy (non-hydrogen) atoms. The Kier molecular flexibility index (Phi) is 2.99. The lowest BCUT2D eigenvalue weighted by atomic mass is 9.86. The molecule has 2 atom stereocenters. The molecule has 1 heterocycles. The van der Waals surface area contributed by atoms with E-state index in [1.54, 1.807) is 0 Å². The summed E-state index contributed by atoms with van der Waals surface area (Å²) in [6, 6.07) is 14.4. The number of fused-ring (bicyclic) bond motifs is 1. The summed E-state index contributed by atoms with van der Waals surface area (Å²) in [6.45, 7) is 1.44. The number of nitrogens with zero attached hydrogens (tertiary/aromatic N) is 1. The van der Waals surface area contributed by atoms with Crippen molar-refractivity contribution in [1.82, 2.24) is 4.90 Å². The van der Waals surface area contributed by atoms with Gasteiger partial charge in [-0.3, -0.25) is 4.79 Å². The summed E-state index contributed by atoms with van der Waals surface area (Å²) in [7, 11) is 1.99. The van der Waals surface area contributed by atoms with Crippen molar-refractivity contribution in [3.63, 3.8) is 0 Å². The van der Waals surface area contributed by atoms with Gasteiger partial charge in [0, 0.05) is 19.0 Å². The van der Waals surface area contributed by atoms with Crippen LogP contribution in [-0.2, 0) is 4.79 Å². The predicted octanol–water partition coefficient (Wildman–Crippen LogP) is 2.57. The third kappa shape index (κ3) is 2.10. The fraction of sp³-hybridized carbons (Fsp3) is 0.312. The van der Waals surface area contributed by atoms with Crippen LogP contribution in [0.25, 0.3) is 10.8 Å². The van der Waals surface area contributed by atoms with E-state index in [0.29, 0.717) is 6.54 Å². The highest BCUT2D eigenvalue weighted by Gasteiger charge is 2.37. The molecule has 0 amide bonds. The topological polar surface area (TPSA) is 40.5 Å². The molecule has 0 aliphatic carbocycles. The Bertz CT molecular complexity index is 618. The highest BCUT2D eigenvalue weighted by molar-refractivity contribution is 5.87. The first-order valence-electron chi connectivity index (χ1n) is 6.56. The molecule has 1 aliphatic rings. The van der Waals surface area contributed by atoms with Gasteiger partial charge in [0.05, 0.1) is 5.92 Å². The van der Waals surface area contributed by atoms with Crippen molar-refractivity contribution in [2.75, 3.05) is 20.1 Å². The van der Waals surface area contributed by atoms with Gasteiger partial charge in [0.1, 0.15) is 0 Å². The first-order valence-corrected chi connectivity index (χ1v) is 6.56. The predicted molar refractivity (Wildman–Crippen MR) is 75.3 cm³/mol. The molecule has 1 saturated heterocycles. The van der Waals surface area contributed by atoms with Crippen LogP contribution in [0.1, 0.15) is 11.5 Å². The van der Waals surface area contributed by atoms with Crippen LogP contribution in [0.5, 0.6) is 0 Å². The van der Waals surface area contributed by atoms with E-state index in [1.165, 1.54) is 10.8 Å². The molecule has 1 fully saturated rings. The summed E-state index contributed by atoms with van der Waals surface area (Å²) in [5.74, 6) is -0.924. The van der Waals surface area contributed by atoms with Crippen LogP contribution in [0, 0.1) is 5.92 Å². The third-order valence-electron chi connectivity index (χ3n) is 4.04. The molecule has 1 aliphatic heterocycles. The summed E-state index contributed by atoms with van der Waals surface area (Å²) in [5, 5.41) is 11.8. The maximum Gasteiger partial charge on any atom is 0.308 e. The second kappa shape index (κ2) is 4.67. The Balaban J connectivity index is 2.11. The van der Waals surface area contributed by atoms with E-state index in [4.69, 9.17) is 0 Å². The van der Waals surface area contributed by atoms with E-state index in [9.17, 15) is 9.90 Å². The summed E-state index contributed by atoms with van der Waals surface area (Å²) in [5.41, 5.74) is 1.16. The van der Waals surface area contributed by atoms with Crippen molar-refractivity contribution in [1.29, 1.82) is 0 Å². The second-order valence-electron chi connectivity index (χ2n) is 5.34. The zero-order valence-corrected chi connectivity index (χ0v) is 10.9. The second-order valence-corrected chi connectivity index (χ2v) is 5.34. The number of carbonyl (C=O) groups is 1. The van der Waals surface area contributed by atoms with Crippen molar-refractivity contribution in [3.8, 4) is 0 Å². The maximum absolute atomic E-state index is 11.4. The van der Waals surface area contributed by atoms with Crippen LogP contribution in [0.2, 0.25) is 0 Å².